The first-order chi connectivity index (χ1) is 8.88. The molecule has 1 aliphatic carbocycles. The van der Waals surface area contributed by atoms with Crippen molar-refractivity contribution in [1.29, 1.82) is 0 Å². The number of aromatic nitrogens is 1. The lowest BCUT2D eigenvalue weighted by Crippen LogP contribution is -2.33. The molecule has 1 heterocycles. The summed E-state index contributed by atoms with van der Waals surface area (Å²) in [7, 11) is 0. The molecule has 1 atom stereocenters. The van der Waals surface area contributed by atoms with Crippen LogP contribution in [0.4, 0.5) is 0 Å². The van der Waals surface area contributed by atoms with E-state index >= 15 is 0 Å². The number of nitrogens with zero attached hydrogens (tertiary/aromatic N) is 1. The minimum Gasteiger partial charge on any atom is -0.313 e. The molecule has 0 spiro atoms. The summed E-state index contributed by atoms with van der Waals surface area (Å²) in [5.41, 5.74) is 1.34. The van der Waals surface area contributed by atoms with Crippen LogP contribution in [-0.4, -0.2) is 28.6 Å². The van der Waals surface area contributed by atoms with Gasteiger partial charge in [0, 0.05) is 29.4 Å². The number of likely N-dealkylation sites (N-methyl/N-ethyl adjacent to an activating group) is 1. The average molecular weight is 264 g/mol. The van der Waals surface area contributed by atoms with Gasteiger partial charge in [0.25, 0.3) is 0 Å². The molecular formula is C15H24N2S. The van der Waals surface area contributed by atoms with Gasteiger partial charge in [-0.25, -0.2) is 0 Å². The molecule has 1 N–H and O–H groups in total. The fourth-order valence-electron chi connectivity index (χ4n) is 2.59. The second-order valence-electron chi connectivity index (χ2n) is 5.06. The van der Waals surface area contributed by atoms with Gasteiger partial charge in [0.1, 0.15) is 0 Å². The SMILES string of the molecule is CCNC(CSC1CCCC1)Cc1cccnc1. The van der Waals surface area contributed by atoms with Gasteiger partial charge in [-0.15, -0.1) is 0 Å². The normalized spacial score (nSPS) is 18.1. The van der Waals surface area contributed by atoms with Crippen molar-refractivity contribution in [2.24, 2.45) is 0 Å². The fourth-order valence-corrected chi connectivity index (χ4v) is 4.00. The van der Waals surface area contributed by atoms with Gasteiger partial charge in [-0.05, 0) is 37.4 Å². The Bertz CT molecular complexity index is 323. The molecule has 1 saturated carbocycles. The third kappa shape index (κ3) is 4.62. The first-order valence-corrected chi connectivity index (χ1v) is 8.17. The summed E-state index contributed by atoms with van der Waals surface area (Å²) < 4.78 is 0. The van der Waals surface area contributed by atoms with Crippen LogP contribution in [0.3, 0.4) is 0 Å². The minimum atomic E-state index is 0.588. The smallest absolute Gasteiger partial charge is 0.0300 e. The van der Waals surface area contributed by atoms with Crippen molar-refractivity contribution in [1.82, 2.24) is 10.3 Å². The molecule has 0 radical (unpaired) electrons. The quantitative estimate of drug-likeness (QED) is 0.818. The van der Waals surface area contributed by atoms with Crippen molar-refractivity contribution >= 4 is 11.8 Å². The standard InChI is InChI=1S/C15H24N2S/c1-2-17-14(10-13-6-5-9-16-11-13)12-18-15-7-3-4-8-15/h5-6,9,11,14-15,17H,2-4,7-8,10,12H2,1H3. The molecule has 0 aliphatic heterocycles. The average Bonchev–Trinajstić information content (AvgIpc) is 2.91. The lowest BCUT2D eigenvalue weighted by atomic mass is 10.1. The molecular weight excluding hydrogens is 240 g/mol. The van der Waals surface area contributed by atoms with Crippen LogP contribution in [0.2, 0.25) is 0 Å². The Kier molecular flexibility index (Phi) is 6.01. The summed E-state index contributed by atoms with van der Waals surface area (Å²) in [4.78, 5) is 4.20. The van der Waals surface area contributed by atoms with E-state index in [-0.39, 0.29) is 0 Å². The van der Waals surface area contributed by atoms with Crippen molar-refractivity contribution in [3.8, 4) is 0 Å². The van der Waals surface area contributed by atoms with Crippen molar-refractivity contribution in [3.63, 3.8) is 0 Å². The second kappa shape index (κ2) is 7.80. The topological polar surface area (TPSA) is 24.9 Å². The van der Waals surface area contributed by atoms with Gasteiger partial charge >= 0.3 is 0 Å². The zero-order valence-corrected chi connectivity index (χ0v) is 12.1. The van der Waals surface area contributed by atoms with E-state index in [4.69, 9.17) is 0 Å². The molecule has 2 nitrogen and oxygen atoms in total. The van der Waals surface area contributed by atoms with E-state index in [1.54, 1.807) is 0 Å². The molecule has 2 rings (SSSR count). The molecule has 1 aromatic rings. The summed E-state index contributed by atoms with van der Waals surface area (Å²) in [5.74, 6) is 1.23. The van der Waals surface area contributed by atoms with Gasteiger partial charge < -0.3 is 5.32 Å². The predicted molar refractivity (Wildman–Crippen MR) is 80.1 cm³/mol. The zero-order valence-electron chi connectivity index (χ0n) is 11.3. The van der Waals surface area contributed by atoms with Crippen molar-refractivity contribution in [2.75, 3.05) is 12.3 Å². The van der Waals surface area contributed by atoms with Crippen LogP contribution >= 0.6 is 11.8 Å². The van der Waals surface area contributed by atoms with Crippen LogP contribution in [0.5, 0.6) is 0 Å². The molecule has 18 heavy (non-hydrogen) atoms. The lowest BCUT2D eigenvalue weighted by molar-refractivity contribution is 0.571. The number of hydrogen-bond acceptors (Lipinski definition) is 3. The summed E-state index contributed by atoms with van der Waals surface area (Å²) in [5, 5.41) is 4.52. The number of hydrogen-bond donors (Lipinski definition) is 1. The number of rotatable bonds is 7. The Labute approximate surface area is 115 Å². The monoisotopic (exact) mass is 264 g/mol. The first kappa shape index (κ1) is 13.9. The Balaban J connectivity index is 1.79. The first-order valence-electron chi connectivity index (χ1n) is 7.12. The second-order valence-corrected chi connectivity index (χ2v) is 6.39. The Morgan fingerprint density at radius 1 is 1.44 bits per heavy atom. The Morgan fingerprint density at radius 2 is 2.28 bits per heavy atom. The number of nitrogens with one attached hydrogen (secondary N) is 1. The van der Waals surface area contributed by atoms with Gasteiger partial charge in [-0.2, -0.15) is 11.8 Å². The summed E-state index contributed by atoms with van der Waals surface area (Å²) >= 11 is 2.17. The summed E-state index contributed by atoms with van der Waals surface area (Å²) in [6.07, 6.45) is 10.7. The van der Waals surface area contributed by atoms with Crippen molar-refractivity contribution in [2.45, 2.75) is 50.3 Å². The van der Waals surface area contributed by atoms with E-state index in [0.717, 1.165) is 18.2 Å². The van der Waals surface area contributed by atoms with Crippen LogP contribution in [0.1, 0.15) is 38.2 Å². The van der Waals surface area contributed by atoms with Gasteiger partial charge in [0.05, 0.1) is 0 Å². The molecule has 0 amide bonds. The highest BCUT2D eigenvalue weighted by Crippen LogP contribution is 2.29. The maximum Gasteiger partial charge on any atom is 0.0300 e. The van der Waals surface area contributed by atoms with E-state index in [0.29, 0.717) is 6.04 Å². The van der Waals surface area contributed by atoms with Crippen LogP contribution in [0.25, 0.3) is 0 Å². The highest BCUT2D eigenvalue weighted by atomic mass is 32.2. The summed E-state index contributed by atoms with van der Waals surface area (Å²) in [6, 6.07) is 4.80. The maximum absolute atomic E-state index is 4.20. The molecule has 0 saturated heterocycles. The third-order valence-corrected chi connectivity index (χ3v) is 5.07. The molecule has 0 bridgehead atoms. The lowest BCUT2D eigenvalue weighted by Gasteiger charge is -2.19. The minimum absolute atomic E-state index is 0.588. The van der Waals surface area contributed by atoms with Crippen molar-refractivity contribution < 1.29 is 0 Å². The largest absolute Gasteiger partial charge is 0.313 e. The zero-order chi connectivity index (χ0) is 12.6. The molecule has 1 unspecified atom stereocenters. The van der Waals surface area contributed by atoms with Gasteiger partial charge in [0.2, 0.25) is 0 Å². The Morgan fingerprint density at radius 3 is 2.94 bits per heavy atom. The van der Waals surface area contributed by atoms with E-state index in [1.165, 1.54) is 37.0 Å². The predicted octanol–water partition coefficient (Wildman–Crippen LogP) is 3.28. The third-order valence-electron chi connectivity index (χ3n) is 3.53. The molecule has 1 aromatic heterocycles. The molecule has 100 valence electrons. The molecule has 3 heteroatoms. The molecule has 0 aromatic carbocycles. The Hall–Kier alpha value is -0.540. The molecule has 1 fully saturated rings. The van der Waals surface area contributed by atoms with Gasteiger partial charge in [-0.1, -0.05) is 25.8 Å². The maximum atomic E-state index is 4.20. The number of thioether (sulfide) groups is 1. The number of pyridine rings is 1. The van der Waals surface area contributed by atoms with E-state index in [1.807, 2.05) is 18.5 Å². The van der Waals surface area contributed by atoms with E-state index in [9.17, 15) is 0 Å². The van der Waals surface area contributed by atoms with Crippen LogP contribution in [0.15, 0.2) is 24.5 Å². The van der Waals surface area contributed by atoms with Crippen LogP contribution in [0, 0.1) is 0 Å². The highest BCUT2D eigenvalue weighted by Gasteiger charge is 2.17. The van der Waals surface area contributed by atoms with E-state index in [2.05, 4.69) is 35.1 Å². The highest BCUT2D eigenvalue weighted by molar-refractivity contribution is 7.99. The van der Waals surface area contributed by atoms with Crippen LogP contribution < -0.4 is 5.32 Å². The van der Waals surface area contributed by atoms with Gasteiger partial charge in [0.15, 0.2) is 0 Å². The summed E-state index contributed by atoms with van der Waals surface area (Å²) in [6.45, 7) is 3.24. The molecule has 1 aliphatic rings. The van der Waals surface area contributed by atoms with E-state index < -0.39 is 0 Å². The fraction of sp³-hybridized carbons (Fsp3) is 0.667. The van der Waals surface area contributed by atoms with Gasteiger partial charge in [-0.3, -0.25) is 4.98 Å². The van der Waals surface area contributed by atoms with Crippen LogP contribution in [-0.2, 0) is 6.42 Å². The van der Waals surface area contributed by atoms with Crippen molar-refractivity contribution in [3.05, 3.63) is 30.1 Å².